The van der Waals surface area contributed by atoms with E-state index < -0.39 is 0 Å². The summed E-state index contributed by atoms with van der Waals surface area (Å²) in [4.78, 5) is 2.49. The number of thiocarbonyl (C=S) groups is 1. The number of likely N-dealkylation sites (tertiary alicyclic amines) is 1. The monoisotopic (exact) mass is 288 g/mol. The van der Waals surface area contributed by atoms with Crippen molar-refractivity contribution in [1.29, 1.82) is 0 Å². The van der Waals surface area contributed by atoms with Gasteiger partial charge in [0.05, 0.1) is 0 Å². The summed E-state index contributed by atoms with van der Waals surface area (Å²) in [6, 6.07) is 11.1. The van der Waals surface area contributed by atoms with Crippen molar-refractivity contribution in [2.24, 2.45) is 0 Å². The maximum atomic E-state index is 4.90. The van der Waals surface area contributed by atoms with Crippen LogP contribution in [0.2, 0.25) is 0 Å². The minimum atomic E-state index is 0. The summed E-state index contributed by atoms with van der Waals surface area (Å²) in [7, 11) is 0. The molecule has 0 spiro atoms. The predicted molar refractivity (Wildman–Crippen MR) is 77.8 cm³/mol. The maximum absolute atomic E-state index is 4.90. The van der Waals surface area contributed by atoms with E-state index in [4.69, 9.17) is 24.8 Å². The van der Waals surface area contributed by atoms with Crippen LogP contribution in [0.15, 0.2) is 30.3 Å². The summed E-state index contributed by atoms with van der Waals surface area (Å²) in [5.41, 5.74) is 1.39. The van der Waals surface area contributed by atoms with Gasteiger partial charge in [0.1, 0.15) is 0 Å². The van der Waals surface area contributed by atoms with Crippen LogP contribution in [0.3, 0.4) is 0 Å². The molecule has 2 nitrogen and oxygen atoms in total. The molecule has 92 valence electrons. The molecule has 0 aromatic heterocycles. The first-order valence-corrected chi connectivity index (χ1v) is 6.79. The first-order chi connectivity index (χ1) is 8.24. The van der Waals surface area contributed by atoms with Crippen LogP contribution in [0.4, 0.5) is 0 Å². The quantitative estimate of drug-likeness (QED) is 0.439. The van der Waals surface area contributed by atoms with Crippen LogP contribution < -0.4 is 34.9 Å². The molecule has 1 N–H and O–H groups in total. The molecular formula is C13H17N2NaS2. The van der Waals surface area contributed by atoms with Crippen molar-refractivity contribution >= 4 is 29.2 Å². The second-order valence-corrected chi connectivity index (χ2v) is 5.54. The van der Waals surface area contributed by atoms with Gasteiger partial charge in [-0.25, -0.2) is 0 Å². The summed E-state index contributed by atoms with van der Waals surface area (Å²) in [6.45, 7) is 3.28. The summed E-state index contributed by atoms with van der Waals surface area (Å²) < 4.78 is 0.506. The van der Waals surface area contributed by atoms with Crippen molar-refractivity contribution < 1.29 is 29.6 Å². The van der Waals surface area contributed by atoms with Crippen molar-refractivity contribution in [2.45, 2.75) is 25.4 Å². The van der Waals surface area contributed by atoms with Gasteiger partial charge in [-0.3, -0.25) is 4.90 Å². The average molecular weight is 288 g/mol. The molecular weight excluding hydrogens is 271 g/mol. The zero-order chi connectivity index (χ0) is 12.1. The summed E-state index contributed by atoms with van der Waals surface area (Å²) in [6.07, 6.45) is 2.26. The van der Waals surface area contributed by atoms with E-state index in [9.17, 15) is 0 Å². The Balaban J connectivity index is 0.00000162. The molecule has 1 aliphatic rings. The Bertz CT molecular complexity index is 365. The van der Waals surface area contributed by atoms with Gasteiger partial charge >= 0.3 is 29.6 Å². The standard InChI is InChI=1S/C13H18N2S2.Na/c16-13(17)14-12-6-8-15(9-7-12)10-11-4-2-1-3-5-11;/h1-5,12H,6-10H2,(H2,14,16,17);/q;+1/p-1. The molecule has 1 aromatic carbocycles. The molecule has 1 saturated heterocycles. The van der Waals surface area contributed by atoms with Crippen molar-refractivity contribution in [3.05, 3.63) is 35.9 Å². The molecule has 0 aliphatic carbocycles. The van der Waals surface area contributed by atoms with E-state index in [0.717, 1.165) is 32.5 Å². The molecule has 0 unspecified atom stereocenters. The van der Waals surface area contributed by atoms with Gasteiger partial charge in [-0.15, -0.1) is 0 Å². The van der Waals surface area contributed by atoms with Gasteiger partial charge in [-0.05, 0) is 18.4 Å². The number of hydrogen-bond acceptors (Lipinski definition) is 3. The average Bonchev–Trinajstić information content (AvgIpc) is 2.32. The first-order valence-electron chi connectivity index (χ1n) is 5.98. The van der Waals surface area contributed by atoms with Crippen LogP contribution >= 0.6 is 12.2 Å². The number of rotatable bonds is 3. The Morgan fingerprint density at radius 3 is 2.44 bits per heavy atom. The summed E-state index contributed by atoms with van der Waals surface area (Å²) in [5.74, 6) is 0. The van der Waals surface area contributed by atoms with Crippen LogP contribution in [-0.4, -0.2) is 28.4 Å². The van der Waals surface area contributed by atoms with E-state index >= 15 is 0 Å². The number of benzene rings is 1. The SMILES string of the molecule is S=C([S-])NC1CCN(Cc2ccccc2)CC1.[Na+]. The normalized spacial score (nSPS) is 16.9. The second-order valence-electron chi connectivity index (χ2n) is 4.47. The molecule has 1 aliphatic heterocycles. The molecule has 0 saturated carbocycles. The Hall–Kier alpha value is 0.290. The minimum absolute atomic E-state index is 0. The summed E-state index contributed by atoms with van der Waals surface area (Å²) >= 11 is 9.80. The van der Waals surface area contributed by atoms with E-state index in [-0.39, 0.29) is 29.6 Å². The van der Waals surface area contributed by atoms with Gasteiger partial charge in [0.15, 0.2) is 0 Å². The minimum Gasteiger partial charge on any atom is -0.412 e. The molecule has 1 heterocycles. The fraction of sp³-hybridized carbons (Fsp3) is 0.462. The van der Waals surface area contributed by atoms with Crippen LogP contribution in [0, 0.1) is 0 Å². The number of piperidine rings is 1. The molecule has 0 atom stereocenters. The predicted octanol–water partition coefficient (Wildman–Crippen LogP) is -0.924. The second kappa shape index (κ2) is 8.46. The van der Waals surface area contributed by atoms with Crippen LogP contribution in [0.5, 0.6) is 0 Å². The van der Waals surface area contributed by atoms with E-state index in [1.165, 1.54) is 5.56 Å². The Kier molecular flexibility index (Phi) is 7.68. The third-order valence-corrected chi connectivity index (χ3v) is 3.39. The Labute approximate surface area is 142 Å². The van der Waals surface area contributed by atoms with Gasteiger partial charge < -0.3 is 30.2 Å². The van der Waals surface area contributed by atoms with Crippen molar-refractivity contribution in [3.8, 4) is 0 Å². The van der Waals surface area contributed by atoms with Gasteiger partial charge in [0.25, 0.3) is 0 Å². The van der Waals surface area contributed by atoms with Crippen LogP contribution in [0.25, 0.3) is 0 Å². The fourth-order valence-electron chi connectivity index (χ4n) is 2.24. The van der Waals surface area contributed by atoms with E-state index in [1.54, 1.807) is 0 Å². The van der Waals surface area contributed by atoms with Crippen LogP contribution in [-0.2, 0) is 19.2 Å². The fourth-order valence-corrected chi connectivity index (χ4v) is 2.58. The molecule has 2 rings (SSSR count). The number of nitrogens with zero attached hydrogens (tertiary/aromatic N) is 1. The van der Waals surface area contributed by atoms with E-state index in [2.05, 4.69) is 40.5 Å². The maximum Gasteiger partial charge on any atom is 1.00 e. The molecule has 0 radical (unpaired) electrons. The third kappa shape index (κ3) is 5.51. The van der Waals surface area contributed by atoms with Gasteiger partial charge in [-0.2, -0.15) is 0 Å². The molecule has 1 fully saturated rings. The Morgan fingerprint density at radius 2 is 1.89 bits per heavy atom. The molecule has 5 heteroatoms. The van der Waals surface area contributed by atoms with Gasteiger partial charge in [0, 0.05) is 25.7 Å². The molecule has 0 bridgehead atoms. The largest absolute Gasteiger partial charge is 1.00 e. The number of hydrogen-bond donors (Lipinski definition) is 1. The van der Waals surface area contributed by atoms with Crippen LogP contribution in [0.1, 0.15) is 18.4 Å². The van der Waals surface area contributed by atoms with E-state index in [0.29, 0.717) is 10.4 Å². The smallest absolute Gasteiger partial charge is 0.412 e. The van der Waals surface area contributed by atoms with Crippen molar-refractivity contribution in [2.75, 3.05) is 13.1 Å². The topological polar surface area (TPSA) is 15.3 Å². The zero-order valence-electron chi connectivity index (χ0n) is 10.8. The first kappa shape index (κ1) is 16.3. The molecule has 18 heavy (non-hydrogen) atoms. The zero-order valence-corrected chi connectivity index (χ0v) is 14.4. The summed E-state index contributed by atoms with van der Waals surface area (Å²) in [5, 5.41) is 3.19. The van der Waals surface area contributed by atoms with Gasteiger partial charge in [0.2, 0.25) is 0 Å². The number of nitrogens with one attached hydrogen (secondary N) is 1. The van der Waals surface area contributed by atoms with Crippen molar-refractivity contribution in [1.82, 2.24) is 10.2 Å². The third-order valence-electron chi connectivity index (χ3n) is 3.16. The molecule has 1 aromatic rings. The van der Waals surface area contributed by atoms with Gasteiger partial charge in [-0.1, -0.05) is 34.7 Å². The molecule has 0 amide bonds. The van der Waals surface area contributed by atoms with E-state index in [1.807, 2.05) is 0 Å². The Morgan fingerprint density at radius 1 is 1.28 bits per heavy atom. The van der Waals surface area contributed by atoms with Crippen molar-refractivity contribution in [3.63, 3.8) is 0 Å².